The Balaban J connectivity index is 1.38. The molecule has 0 bridgehead atoms. The number of para-hydroxylation sites is 2. The second-order valence-electron chi connectivity index (χ2n) is 8.97. The van der Waals surface area contributed by atoms with Crippen LogP contribution >= 0.6 is 0 Å². The molecular weight excluding hydrogens is 409 g/mol. The average Bonchev–Trinajstić information content (AvgIpc) is 3.22. The fourth-order valence-corrected chi connectivity index (χ4v) is 4.87. The summed E-state index contributed by atoms with van der Waals surface area (Å²) in [5.74, 6) is 0.380. The van der Waals surface area contributed by atoms with E-state index in [-0.39, 0.29) is 18.2 Å². The Hall–Kier alpha value is -2.93. The summed E-state index contributed by atoms with van der Waals surface area (Å²) in [6.45, 7) is 1.22. The zero-order valence-electron chi connectivity index (χ0n) is 18.6. The molecule has 1 N–H and O–H groups in total. The molecule has 3 atom stereocenters. The Morgan fingerprint density at radius 1 is 1.06 bits per heavy atom. The van der Waals surface area contributed by atoms with E-state index in [4.69, 9.17) is 4.74 Å². The fourth-order valence-electron chi connectivity index (χ4n) is 4.87. The summed E-state index contributed by atoms with van der Waals surface area (Å²) in [5, 5.41) is 2.49. The Morgan fingerprint density at radius 3 is 2.56 bits per heavy atom. The van der Waals surface area contributed by atoms with Crippen molar-refractivity contribution in [3.8, 4) is 5.75 Å². The summed E-state index contributed by atoms with van der Waals surface area (Å²) in [6.07, 6.45) is 3.44. The second kappa shape index (κ2) is 9.69. The molecule has 1 saturated carbocycles. The fraction of sp³-hybridized carbons (Fsp3) is 0.440. The zero-order valence-corrected chi connectivity index (χ0v) is 18.6. The van der Waals surface area contributed by atoms with Crippen LogP contribution in [0.2, 0.25) is 0 Å². The van der Waals surface area contributed by atoms with Crippen LogP contribution in [0.3, 0.4) is 0 Å². The summed E-state index contributed by atoms with van der Waals surface area (Å²) in [4.78, 5) is 29.7. The number of benzene rings is 2. The summed E-state index contributed by atoms with van der Waals surface area (Å²) >= 11 is 0. The smallest absolute Gasteiger partial charge is 0.262 e. The summed E-state index contributed by atoms with van der Waals surface area (Å²) < 4.78 is 19.4. The SMILES string of the molecule is CN(C)C1CCC2CN(C(=O)c3ccccc3OCC(=O)Nc3ccccc3F)CC2C1. The highest BCUT2D eigenvalue weighted by molar-refractivity contribution is 5.97. The molecule has 7 heteroatoms. The maximum Gasteiger partial charge on any atom is 0.262 e. The molecule has 170 valence electrons. The highest BCUT2D eigenvalue weighted by Gasteiger charge is 2.40. The van der Waals surface area contributed by atoms with Crippen molar-refractivity contribution >= 4 is 17.5 Å². The van der Waals surface area contributed by atoms with Gasteiger partial charge in [0.1, 0.15) is 11.6 Å². The lowest BCUT2D eigenvalue weighted by Gasteiger charge is -2.34. The van der Waals surface area contributed by atoms with E-state index < -0.39 is 11.7 Å². The second-order valence-corrected chi connectivity index (χ2v) is 8.97. The van der Waals surface area contributed by atoms with Gasteiger partial charge in [-0.25, -0.2) is 4.39 Å². The maximum absolute atomic E-state index is 13.7. The molecule has 3 unspecified atom stereocenters. The molecule has 2 amide bonds. The van der Waals surface area contributed by atoms with Crippen molar-refractivity contribution in [1.82, 2.24) is 9.80 Å². The van der Waals surface area contributed by atoms with Crippen LogP contribution in [-0.2, 0) is 4.79 Å². The third-order valence-corrected chi connectivity index (χ3v) is 6.66. The standard InChI is InChI=1S/C25H30FN3O3/c1-28(2)19-12-11-17-14-29(15-18(17)13-19)25(31)20-7-3-6-10-23(20)32-16-24(30)27-22-9-5-4-8-21(22)26/h3-10,17-19H,11-16H2,1-2H3,(H,27,30). The van der Waals surface area contributed by atoms with E-state index in [0.717, 1.165) is 25.9 Å². The van der Waals surface area contributed by atoms with Crippen molar-refractivity contribution in [3.05, 3.63) is 59.9 Å². The van der Waals surface area contributed by atoms with Crippen LogP contribution in [0.15, 0.2) is 48.5 Å². The molecule has 2 fully saturated rings. The number of carbonyl (C=O) groups excluding carboxylic acids is 2. The minimum Gasteiger partial charge on any atom is -0.483 e. The minimum absolute atomic E-state index is 0.0640. The Morgan fingerprint density at radius 2 is 1.78 bits per heavy atom. The normalized spacial score (nSPS) is 22.5. The summed E-state index contributed by atoms with van der Waals surface area (Å²) in [6, 6.07) is 13.5. The highest BCUT2D eigenvalue weighted by Crippen LogP contribution is 2.38. The van der Waals surface area contributed by atoms with Gasteiger partial charge in [-0.3, -0.25) is 9.59 Å². The first-order valence-electron chi connectivity index (χ1n) is 11.1. The lowest BCUT2D eigenvalue weighted by atomic mass is 9.79. The first-order valence-corrected chi connectivity index (χ1v) is 11.1. The molecule has 1 aliphatic heterocycles. The Labute approximate surface area is 188 Å². The number of carbonyl (C=O) groups is 2. The number of ether oxygens (including phenoxy) is 1. The van der Waals surface area contributed by atoms with Gasteiger partial charge in [-0.1, -0.05) is 24.3 Å². The molecule has 2 aromatic carbocycles. The molecule has 2 aromatic rings. The van der Waals surface area contributed by atoms with Gasteiger partial charge < -0.3 is 19.9 Å². The van der Waals surface area contributed by atoms with Crippen LogP contribution in [0.25, 0.3) is 0 Å². The molecule has 1 saturated heterocycles. The van der Waals surface area contributed by atoms with Gasteiger partial charge in [0.2, 0.25) is 0 Å². The van der Waals surface area contributed by atoms with Gasteiger partial charge in [0.05, 0.1) is 11.3 Å². The number of amides is 2. The Bertz CT molecular complexity index is 980. The largest absolute Gasteiger partial charge is 0.483 e. The van der Waals surface area contributed by atoms with Crippen LogP contribution in [0.4, 0.5) is 10.1 Å². The van der Waals surface area contributed by atoms with Gasteiger partial charge in [-0.15, -0.1) is 0 Å². The average molecular weight is 440 g/mol. The summed E-state index contributed by atoms with van der Waals surface area (Å²) in [7, 11) is 4.25. The van der Waals surface area contributed by atoms with Crippen molar-refractivity contribution in [2.45, 2.75) is 25.3 Å². The number of nitrogens with one attached hydrogen (secondary N) is 1. The van der Waals surface area contributed by atoms with Crippen LogP contribution < -0.4 is 10.1 Å². The number of nitrogens with zero attached hydrogens (tertiary/aromatic N) is 2. The number of halogens is 1. The zero-order chi connectivity index (χ0) is 22.7. The van der Waals surface area contributed by atoms with Crippen molar-refractivity contribution in [2.75, 3.05) is 39.1 Å². The molecule has 1 aliphatic carbocycles. The van der Waals surface area contributed by atoms with E-state index in [2.05, 4.69) is 24.3 Å². The third-order valence-electron chi connectivity index (χ3n) is 6.66. The van der Waals surface area contributed by atoms with Gasteiger partial charge in [-0.05, 0) is 69.5 Å². The van der Waals surface area contributed by atoms with Gasteiger partial charge in [0, 0.05) is 19.1 Å². The lowest BCUT2D eigenvalue weighted by molar-refractivity contribution is -0.118. The first-order chi connectivity index (χ1) is 15.4. The van der Waals surface area contributed by atoms with Crippen LogP contribution in [0, 0.1) is 17.7 Å². The number of anilines is 1. The monoisotopic (exact) mass is 439 g/mol. The van der Waals surface area contributed by atoms with Gasteiger partial charge in [-0.2, -0.15) is 0 Å². The maximum atomic E-state index is 13.7. The molecule has 2 aliphatic rings. The molecule has 32 heavy (non-hydrogen) atoms. The number of hydrogen-bond acceptors (Lipinski definition) is 4. The van der Waals surface area contributed by atoms with Crippen LogP contribution in [0.1, 0.15) is 29.6 Å². The van der Waals surface area contributed by atoms with E-state index in [1.165, 1.54) is 18.6 Å². The van der Waals surface area contributed by atoms with Crippen molar-refractivity contribution < 1.29 is 18.7 Å². The predicted octanol–water partition coefficient (Wildman–Crippen LogP) is 3.65. The van der Waals surface area contributed by atoms with E-state index in [0.29, 0.717) is 29.2 Å². The quantitative estimate of drug-likeness (QED) is 0.747. The topological polar surface area (TPSA) is 61.9 Å². The molecule has 0 spiro atoms. The minimum atomic E-state index is -0.511. The molecular formula is C25H30FN3O3. The van der Waals surface area contributed by atoms with Gasteiger partial charge in [0.25, 0.3) is 11.8 Å². The number of fused-ring (bicyclic) bond motifs is 1. The predicted molar refractivity (Wildman–Crippen MR) is 121 cm³/mol. The van der Waals surface area contributed by atoms with Crippen LogP contribution in [0.5, 0.6) is 5.75 Å². The Kier molecular flexibility index (Phi) is 6.74. The first kappa shape index (κ1) is 22.3. The highest BCUT2D eigenvalue weighted by atomic mass is 19.1. The molecule has 0 aromatic heterocycles. The van der Waals surface area contributed by atoms with E-state index in [1.54, 1.807) is 36.4 Å². The van der Waals surface area contributed by atoms with Gasteiger partial charge >= 0.3 is 0 Å². The van der Waals surface area contributed by atoms with E-state index in [9.17, 15) is 14.0 Å². The molecule has 6 nitrogen and oxygen atoms in total. The number of rotatable bonds is 6. The van der Waals surface area contributed by atoms with E-state index >= 15 is 0 Å². The summed E-state index contributed by atoms with van der Waals surface area (Å²) in [5.41, 5.74) is 0.551. The third kappa shape index (κ3) is 4.93. The molecule has 1 heterocycles. The number of likely N-dealkylation sites (tertiary alicyclic amines) is 1. The lowest BCUT2D eigenvalue weighted by Crippen LogP contribution is -2.36. The van der Waals surface area contributed by atoms with E-state index in [1.807, 2.05) is 4.90 Å². The van der Waals surface area contributed by atoms with Crippen LogP contribution in [-0.4, -0.2) is 61.4 Å². The molecule has 0 radical (unpaired) electrons. The van der Waals surface area contributed by atoms with Crippen molar-refractivity contribution in [3.63, 3.8) is 0 Å². The van der Waals surface area contributed by atoms with Gasteiger partial charge in [0.15, 0.2) is 6.61 Å². The number of hydrogen-bond donors (Lipinski definition) is 1. The molecule has 4 rings (SSSR count). The van der Waals surface area contributed by atoms with Crippen molar-refractivity contribution in [1.29, 1.82) is 0 Å². The van der Waals surface area contributed by atoms with Crippen molar-refractivity contribution in [2.24, 2.45) is 11.8 Å².